The molecular weight excluding hydrogens is 394 g/mol. The summed E-state index contributed by atoms with van der Waals surface area (Å²) >= 11 is 0. The molecule has 4 N–H and O–H groups in total. The molecule has 0 atom stereocenters. The first kappa shape index (κ1) is 20.8. The van der Waals surface area contributed by atoms with E-state index in [-0.39, 0.29) is 18.4 Å². The van der Waals surface area contributed by atoms with Gasteiger partial charge in [-0.1, -0.05) is 29.4 Å². The molecule has 0 amide bonds. The molecule has 4 rings (SSSR count). The average molecular weight is 422 g/mol. The number of nitrogen functional groups attached to an aromatic ring is 1. The summed E-state index contributed by atoms with van der Waals surface area (Å²) < 4.78 is 10.6. The average Bonchev–Trinajstić information content (AvgIpc) is 3.43. The number of anilines is 2. The van der Waals surface area contributed by atoms with Crippen molar-refractivity contribution in [2.75, 3.05) is 24.1 Å². The monoisotopic (exact) mass is 421 g/mol. The summed E-state index contributed by atoms with van der Waals surface area (Å²) in [5.74, 6) is 1.33. The zero-order valence-corrected chi connectivity index (χ0v) is 17.6. The Morgan fingerprint density at radius 3 is 2.61 bits per heavy atom. The van der Waals surface area contributed by atoms with Crippen LogP contribution in [0.5, 0.6) is 6.01 Å². The van der Waals surface area contributed by atoms with E-state index >= 15 is 0 Å². The van der Waals surface area contributed by atoms with Crippen LogP contribution < -0.4 is 15.8 Å². The van der Waals surface area contributed by atoms with Gasteiger partial charge in [0, 0.05) is 25.4 Å². The third kappa shape index (κ3) is 5.37. The molecule has 0 radical (unpaired) electrons. The summed E-state index contributed by atoms with van der Waals surface area (Å²) in [5.41, 5.74) is 9.50. The molecule has 1 aromatic carbocycles. The summed E-state index contributed by atoms with van der Waals surface area (Å²) in [6, 6.07) is 10.4. The van der Waals surface area contributed by atoms with Crippen LogP contribution >= 0.6 is 0 Å². The highest BCUT2D eigenvalue weighted by Gasteiger charge is 2.14. The van der Waals surface area contributed by atoms with E-state index in [9.17, 15) is 0 Å². The van der Waals surface area contributed by atoms with Gasteiger partial charge in [0.1, 0.15) is 29.7 Å². The second-order valence-electron chi connectivity index (χ2n) is 7.67. The second kappa shape index (κ2) is 9.57. The Bertz CT molecular complexity index is 1030. The second-order valence-corrected chi connectivity index (χ2v) is 7.67. The Morgan fingerprint density at radius 1 is 1.19 bits per heavy atom. The van der Waals surface area contributed by atoms with Gasteiger partial charge in [-0.2, -0.15) is 9.97 Å². The van der Waals surface area contributed by atoms with E-state index in [1.54, 1.807) is 6.07 Å². The van der Waals surface area contributed by atoms with Crippen LogP contribution in [0.3, 0.4) is 0 Å². The summed E-state index contributed by atoms with van der Waals surface area (Å²) in [4.78, 5) is 11.0. The number of likely N-dealkylation sites (tertiary alicyclic amines) is 1. The molecule has 0 unspecified atom stereocenters. The fourth-order valence-electron chi connectivity index (χ4n) is 3.58. The van der Waals surface area contributed by atoms with Gasteiger partial charge in [0.15, 0.2) is 0 Å². The number of aryl methyl sites for hydroxylation is 1. The highest BCUT2D eigenvalue weighted by atomic mass is 16.5. The Hall–Kier alpha value is -3.46. The molecule has 1 aliphatic heterocycles. The molecule has 3 aromatic rings. The van der Waals surface area contributed by atoms with E-state index in [1.807, 2.05) is 6.92 Å². The SMILES string of the molecule is Cc1cc(COc2nc(N)c(C=N)c(NCc3ccc(CN4CCCC4)cc3)n2)no1. The molecular formula is C22H27N7O2. The van der Waals surface area contributed by atoms with Crippen LogP contribution in [0.25, 0.3) is 0 Å². The fourth-order valence-corrected chi connectivity index (χ4v) is 3.58. The molecule has 9 nitrogen and oxygen atoms in total. The lowest BCUT2D eigenvalue weighted by molar-refractivity contribution is 0.267. The van der Waals surface area contributed by atoms with Crippen LogP contribution in [-0.2, 0) is 19.7 Å². The fraction of sp³-hybridized carbons (Fsp3) is 0.364. The van der Waals surface area contributed by atoms with E-state index in [2.05, 4.69) is 49.6 Å². The molecule has 1 aliphatic rings. The number of nitrogens with one attached hydrogen (secondary N) is 2. The van der Waals surface area contributed by atoms with Crippen molar-refractivity contribution in [1.82, 2.24) is 20.0 Å². The number of benzene rings is 1. The van der Waals surface area contributed by atoms with Gasteiger partial charge in [-0.3, -0.25) is 4.90 Å². The zero-order chi connectivity index (χ0) is 21.6. The first-order valence-electron chi connectivity index (χ1n) is 10.4. The first-order valence-corrected chi connectivity index (χ1v) is 10.4. The summed E-state index contributed by atoms with van der Waals surface area (Å²) in [6.45, 7) is 5.89. The van der Waals surface area contributed by atoms with Gasteiger partial charge in [0.25, 0.3) is 0 Å². The third-order valence-corrected chi connectivity index (χ3v) is 5.21. The summed E-state index contributed by atoms with van der Waals surface area (Å²) in [5, 5.41) is 14.8. The minimum atomic E-state index is 0.118. The summed E-state index contributed by atoms with van der Waals surface area (Å²) in [6.07, 6.45) is 3.73. The lowest BCUT2D eigenvalue weighted by atomic mass is 10.1. The number of nitrogens with two attached hydrogens (primary N) is 1. The van der Waals surface area contributed by atoms with Crippen molar-refractivity contribution < 1.29 is 9.26 Å². The molecule has 2 aromatic heterocycles. The smallest absolute Gasteiger partial charge is 0.320 e. The third-order valence-electron chi connectivity index (χ3n) is 5.21. The van der Waals surface area contributed by atoms with Gasteiger partial charge >= 0.3 is 6.01 Å². The predicted octanol–water partition coefficient (Wildman–Crippen LogP) is 3.14. The van der Waals surface area contributed by atoms with E-state index in [0.29, 0.717) is 29.4 Å². The number of hydrogen-bond acceptors (Lipinski definition) is 9. The van der Waals surface area contributed by atoms with Crippen molar-refractivity contribution in [3.05, 3.63) is 58.5 Å². The van der Waals surface area contributed by atoms with Crippen molar-refractivity contribution in [3.8, 4) is 6.01 Å². The molecule has 1 fully saturated rings. The molecule has 9 heteroatoms. The van der Waals surface area contributed by atoms with Crippen molar-refractivity contribution in [3.63, 3.8) is 0 Å². The molecule has 0 bridgehead atoms. The minimum absolute atomic E-state index is 0.118. The zero-order valence-electron chi connectivity index (χ0n) is 17.6. The van der Waals surface area contributed by atoms with Gasteiger partial charge in [-0.25, -0.2) is 0 Å². The van der Waals surface area contributed by atoms with Gasteiger partial charge in [0.05, 0.1) is 5.56 Å². The lowest BCUT2D eigenvalue weighted by Gasteiger charge is -2.15. The van der Waals surface area contributed by atoms with Gasteiger partial charge < -0.3 is 25.7 Å². The lowest BCUT2D eigenvalue weighted by Crippen LogP contribution is -2.18. The highest BCUT2D eigenvalue weighted by Crippen LogP contribution is 2.22. The standard InChI is InChI=1S/C22H27N7O2/c1-15-10-18(28-31-15)14-30-22-26-20(24)19(11-23)21(27-22)25-12-16-4-6-17(7-5-16)13-29-8-2-3-9-29/h4-7,10-11,23H,2-3,8-9,12-14H2,1H3,(H3,24,25,26,27). The maximum Gasteiger partial charge on any atom is 0.320 e. The number of ether oxygens (including phenoxy) is 1. The number of rotatable bonds is 9. The van der Waals surface area contributed by atoms with Crippen molar-refractivity contribution in [1.29, 1.82) is 5.41 Å². The van der Waals surface area contributed by atoms with Crippen LogP contribution in [0.1, 0.15) is 41.0 Å². The largest absolute Gasteiger partial charge is 0.457 e. The normalized spacial score (nSPS) is 14.0. The maximum absolute atomic E-state index is 7.66. The number of hydrogen-bond donors (Lipinski definition) is 3. The molecule has 0 aliphatic carbocycles. The van der Waals surface area contributed by atoms with Crippen LogP contribution in [-0.4, -0.2) is 39.3 Å². The van der Waals surface area contributed by atoms with Crippen LogP contribution in [0.2, 0.25) is 0 Å². The summed E-state index contributed by atoms with van der Waals surface area (Å²) in [7, 11) is 0. The first-order chi connectivity index (χ1) is 15.1. The molecule has 31 heavy (non-hydrogen) atoms. The van der Waals surface area contributed by atoms with E-state index in [4.69, 9.17) is 20.4 Å². The molecule has 162 valence electrons. The molecule has 0 spiro atoms. The maximum atomic E-state index is 7.66. The van der Waals surface area contributed by atoms with Gasteiger partial charge in [-0.15, -0.1) is 0 Å². The van der Waals surface area contributed by atoms with E-state index in [0.717, 1.165) is 18.3 Å². The number of nitrogens with zero attached hydrogens (tertiary/aromatic N) is 4. The van der Waals surface area contributed by atoms with Gasteiger partial charge in [-0.05, 0) is 44.0 Å². The van der Waals surface area contributed by atoms with E-state index < -0.39 is 0 Å². The van der Waals surface area contributed by atoms with Crippen LogP contribution in [0.15, 0.2) is 34.9 Å². The Labute approximate surface area is 181 Å². The van der Waals surface area contributed by atoms with Crippen molar-refractivity contribution in [2.45, 2.75) is 39.5 Å². The molecule has 0 saturated carbocycles. The van der Waals surface area contributed by atoms with Crippen LogP contribution in [0, 0.1) is 12.3 Å². The van der Waals surface area contributed by atoms with Crippen LogP contribution in [0.4, 0.5) is 11.6 Å². The highest BCUT2D eigenvalue weighted by molar-refractivity contribution is 5.90. The Kier molecular flexibility index (Phi) is 6.42. The molecule has 3 heterocycles. The Morgan fingerprint density at radius 2 is 1.94 bits per heavy atom. The quantitative estimate of drug-likeness (QED) is 0.450. The molecule has 1 saturated heterocycles. The topological polar surface area (TPSA) is 126 Å². The number of aromatic nitrogens is 3. The predicted molar refractivity (Wildman–Crippen MR) is 118 cm³/mol. The van der Waals surface area contributed by atoms with Crippen molar-refractivity contribution >= 4 is 17.9 Å². The van der Waals surface area contributed by atoms with E-state index in [1.165, 1.54) is 31.5 Å². The van der Waals surface area contributed by atoms with Crippen molar-refractivity contribution in [2.24, 2.45) is 0 Å². The minimum Gasteiger partial charge on any atom is -0.457 e. The Balaban J connectivity index is 1.40. The van der Waals surface area contributed by atoms with Gasteiger partial charge in [0.2, 0.25) is 0 Å².